The van der Waals surface area contributed by atoms with Gasteiger partial charge in [-0.15, -0.1) is 0 Å². The predicted molar refractivity (Wildman–Crippen MR) is 90.4 cm³/mol. The van der Waals surface area contributed by atoms with Gasteiger partial charge in [0.25, 0.3) is 0 Å². The number of ether oxygens (including phenoxy) is 1. The highest BCUT2D eigenvalue weighted by atomic mass is 16.5. The fourth-order valence-electron chi connectivity index (χ4n) is 4.21. The quantitative estimate of drug-likeness (QED) is 0.783. The zero-order chi connectivity index (χ0) is 16.6. The van der Waals surface area contributed by atoms with E-state index in [-0.39, 0.29) is 11.5 Å². The molecule has 5 nitrogen and oxygen atoms in total. The highest BCUT2D eigenvalue weighted by Gasteiger charge is 2.43. The van der Waals surface area contributed by atoms with Crippen molar-refractivity contribution in [2.45, 2.75) is 51.0 Å². The second-order valence-electron chi connectivity index (χ2n) is 7.23. The molecule has 0 saturated carbocycles. The molecule has 1 spiro atoms. The van der Waals surface area contributed by atoms with E-state index in [1.54, 1.807) is 0 Å². The zero-order valence-electron chi connectivity index (χ0n) is 14.3. The van der Waals surface area contributed by atoms with E-state index >= 15 is 0 Å². The molecule has 1 fully saturated rings. The van der Waals surface area contributed by atoms with Crippen LogP contribution in [0.2, 0.25) is 0 Å². The summed E-state index contributed by atoms with van der Waals surface area (Å²) in [6.07, 6.45) is 11.8. The number of likely N-dealkylation sites (tertiary alicyclic amines) is 1. The van der Waals surface area contributed by atoms with Crippen LogP contribution in [0.15, 0.2) is 18.3 Å². The van der Waals surface area contributed by atoms with Crippen molar-refractivity contribution in [2.75, 3.05) is 19.7 Å². The van der Waals surface area contributed by atoms with Crippen molar-refractivity contribution in [2.24, 2.45) is 5.92 Å². The number of aromatic nitrogens is 2. The number of hydrogen-bond donors (Lipinski definition) is 0. The van der Waals surface area contributed by atoms with E-state index < -0.39 is 0 Å². The standard InChI is InChI=1S/C19H25N3O2/c1-14-20-13-16-6-11-24-19(18(16)21-14)7-9-22(10-8-19)17(23)12-15-4-2-3-5-15/h2,4,13,15H,3,5-12H2,1H3. The summed E-state index contributed by atoms with van der Waals surface area (Å²) in [6.45, 7) is 4.17. The van der Waals surface area contributed by atoms with Gasteiger partial charge in [0.2, 0.25) is 5.91 Å². The Balaban J connectivity index is 1.45. The molecule has 24 heavy (non-hydrogen) atoms. The summed E-state index contributed by atoms with van der Waals surface area (Å²) in [5.41, 5.74) is 1.96. The third-order valence-electron chi connectivity index (χ3n) is 5.64. The second-order valence-corrected chi connectivity index (χ2v) is 7.23. The van der Waals surface area contributed by atoms with E-state index in [9.17, 15) is 4.79 Å². The Kier molecular flexibility index (Phi) is 4.12. The lowest BCUT2D eigenvalue weighted by atomic mass is 9.83. The first-order chi connectivity index (χ1) is 11.7. The van der Waals surface area contributed by atoms with E-state index in [4.69, 9.17) is 9.72 Å². The molecule has 0 bridgehead atoms. The van der Waals surface area contributed by atoms with Crippen LogP contribution < -0.4 is 0 Å². The SMILES string of the molecule is Cc1ncc2c(n1)C1(CCN(C(=O)CC3C=CCC3)CC1)OCC2. The monoisotopic (exact) mass is 327 g/mol. The molecule has 1 amide bonds. The predicted octanol–water partition coefficient (Wildman–Crippen LogP) is 2.53. The van der Waals surface area contributed by atoms with Crippen LogP contribution in [-0.2, 0) is 21.6 Å². The Morgan fingerprint density at radius 2 is 2.25 bits per heavy atom. The van der Waals surface area contributed by atoms with Gasteiger partial charge in [-0.1, -0.05) is 12.2 Å². The Bertz CT molecular complexity index is 663. The maximum absolute atomic E-state index is 12.6. The number of carbonyl (C=O) groups is 1. The number of allylic oxidation sites excluding steroid dienone is 2. The first-order valence-electron chi connectivity index (χ1n) is 9.08. The zero-order valence-corrected chi connectivity index (χ0v) is 14.3. The van der Waals surface area contributed by atoms with E-state index in [2.05, 4.69) is 17.1 Å². The fourth-order valence-corrected chi connectivity index (χ4v) is 4.21. The third kappa shape index (κ3) is 2.86. The molecule has 3 aliphatic rings. The van der Waals surface area contributed by atoms with Gasteiger partial charge in [0.1, 0.15) is 11.4 Å². The number of fused-ring (bicyclic) bond motifs is 2. The van der Waals surface area contributed by atoms with Crippen LogP contribution in [0.3, 0.4) is 0 Å². The molecule has 1 atom stereocenters. The summed E-state index contributed by atoms with van der Waals surface area (Å²) in [5.74, 6) is 1.52. The van der Waals surface area contributed by atoms with Gasteiger partial charge in [-0.2, -0.15) is 0 Å². The Hall–Kier alpha value is -1.75. The Morgan fingerprint density at radius 1 is 1.42 bits per heavy atom. The largest absolute Gasteiger partial charge is 0.368 e. The molecule has 128 valence electrons. The molecule has 5 heteroatoms. The Morgan fingerprint density at radius 3 is 3.00 bits per heavy atom. The first-order valence-corrected chi connectivity index (χ1v) is 9.08. The van der Waals surface area contributed by atoms with Gasteiger partial charge in [-0.25, -0.2) is 9.97 Å². The summed E-state index contributed by atoms with van der Waals surface area (Å²) < 4.78 is 6.21. The van der Waals surface area contributed by atoms with Gasteiger partial charge in [-0.05, 0) is 50.5 Å². The maximum atomic E-state index is 12.6. The lowest BCUT2D eigenvalue weighted by Crippen LogP contribution is -2.49. The van der Waals surface area contributed by atoms with Crippen molar-refractivity contribution in [3.05, 3.63) is 35.4 Å². The number of carbonyl (C=O) groups excluding carboxylic acids is 1. The summed E-state index contributed by atoms with van der Waals surface area (Å²) in [5, 5.41) is 0. The van der Waals surface area contributed by atoms with Gasteiger partial charge in [0.15, 0.2) is 0 Å². The fraction of sp³-hybridized carbons (Fsp3) is 0.632. The summed E-state index contributed by atoms with van der Waals surface area (Å²) >= 11 is 0. The van der Waals surface area contributed by atoms with Crippen LogP contribution in [0, 0.1) is 12.8 Å². The minimum atomic E-state index is -0.314. The molecule has 0 aromatic carbocycles. The summed E-state index contributed by atoms with van der Waals surface area (Å²) in [6, 6.07) is 0. The van der Waals surface area contributed by atoms with Crippen molar-refractivity contribution < 1.29 is 9.53 Å². The maximum Gasteiger partial charge on any atom is 0.223 e. The molecule has 2 aliphatic heterocycles. The normalized spacial score (nSPS) is 25.0. The molecule has 1 aromatic heterocycles. The molecule has 1 saturated heterocycles. The van der Waals surface area contributed by atoms with Crippen LogP contribution in [-0.4, -0.2) is 40.5 Å². The second kappa shape index (κ2) is 6.28. The molecule has 0 N–H and O–H groups in total. The number of hydrogen-bond acceptors (Lipinski definition) is 4. The summed E-state index contributed by atoms with van der Waals surface area (Å²) in [7, 11) is 0. The van der Waals surface area contributed by atoms with Crippen LogP contribution >= 0.6 is 0 Å². The number of piperidine rings is 1. The minimum Gasteiger partial charge on any atom is -0.368 e. The smallest absolute Gasteiger partial charge is 0.223 e. The average Bonchev–Trinajstić information content (AvgIpc) is 3.09. The first kappa shape index (κ1) is 15.8. The average molecular weight is 327 g/mol. The molecule has 0 radical (unpaired) electrons. The lowest BCUT2D eigenvalue weighted by molar-refractivity contribution is -0.141. The molecular weight excluding hydrogens is 302 g/mol. The van der Waals surface area contributed by atoms with E-state index in [1.807, 2.05) is 18.0 Å². The molecule has 1 aliphatic carbocycles. The number of amides is 1. The molecule has 4 rings (SSSR count). The van der Waals surface area contributed by atoms with Crippen molar-refractivity contribution in [1.29, 1.82) is 0 Å². The highest BCUT2D eigenvalue weighted by Crippen LogP contribution is 2.40. The molecular formula is C19H25N3O2. The van der Waals surface area contributed by atoms with E-state index in [0.29, 0.717) is 12.3 Å². The molecule has 3 heterocycles. The minimum absolute atomic E-state index is 0.288. The van der Waals surface area contributed by atoms with Crippen LogP contribution in [0.5, 0.6) is 0 Å². The Labute approximate surface area is 143 Å². The van der Waals surface area contributed by atoms with Crippen LogP contribution in [0.1, 0.15) is 49.2 Å². The van der Waals surface area contributed by atoms with E-state index in [1.165, 1.54) is 5.56 Å². The number of nitrogens with zero attached hydrogens (tertiary/aromatic N) is 3. The van der Waals surface area contributed by atoms with E-state index in [0.717, 1.165) is 63.3 Å². The lowest BCUT2D eigenvalue weighted by Gasteiger charge is -2.44. The van der Waals surface area contributed by atoms with Crippen LogP contribution in [0.4, 0.5) is 0 Å². The molecule has 1 unspecified atom stereocenters. The topological polar surface area (TPSA) is 55.3 Å². The van der Waals surface area contributed by atoms with Gasteiger partial charge >= 0.3 is 0 Å². The van der Waals surface area contributed by atoms with Gasteiger partial charge < -0.3 is 9.64 Å². The van der Waals surface area contributed by atoms with Crippen molar-refractivity contribution in [3.8, 4) is 0 Å². The van der Waals surface area contributed by atoms with Crippen LogP contribution in [0.25, 0.3) is 0 Å². The van der Waals surface area contributed by atoms with Gasteiger partial charge in [0, 0.05) is 25.7 Å². The van der Waals surface area contributed by atoms with Crippen molar-refractivity contribution in [1.82, 2.24) is 14.9 Å². The van der Waals surface area contributed by atoms with Gasteiger partial charge in [-0.3, -0.25) is 4.79 Å². The highest BCUT2D eigenvalue weighted by molar-refractivity contribution is 5.76. The van der Waals surface area contributed by atoms with Crippen molar-refractivity contribution in [3.63, 3.8) is 0 Å². The number of aryl methyl sites for hydroxylation is 1. The van der Waals surface area contributed by atoms with Crippen molar-refractivity contribution >= 4 is 5.91 Å². The third-order valence-corrected chi connectivity index (χ3v) is 5.64. The molecule has 1 aromatic rings. The summed E-state index contributed by atoms with van der Waals surface area (Å²) in [4.78, 5) is 23.6. The number of rotatable bonds is 2. The van der Waals surface area contributed by atoms with Gasteiger partial charge in [0.05, 0.1) is 12.3 Å².